The van der Waals surface area contributed by atoms with Crippen LogP contribution in [0.5, 0.6) is 0 Å². The quantitative estimate of drug-likeness (QED) is 0.904. The van der Waals surface area contributed by atoms with Gasteiger partial charge in [-0.15, -0.1) is 0 Å². The zero-order chi connectivity index (χ0) is 18.6. The molecule has 2 aromatic carbocycles. The fraction of sp³-hybridized carbons (Fsp3) is 0.409. The lowest BCUT2D eigenvalue weighted by molar-refractivity contribution is -0.0811. The number of rotatable bonds is 4. The number of ether oxygens (including phenoxy) is 1. The third-order valence-corrected chi connectivity index (χ3v) is 5.52. The number of aliphatic hydroxyl groups excluding tert-OH is 1. The topological polar surface area (TPSA) is 53.0 Å². The smallest absolute Gasteiger partial charge is 0.254 e. The Balaban J connectivity index is 1.58. The number of amides is 1. The molecule has 5 nitrogen and oxygen atoms in total. The number of carbonyl (C=O) groups is 1. The van der Waals surface area contributed by atoms with Crippen molar-refractivity contribution in [1.29, 1.82) is 0 Å². The van der Waals surface area contributed by atoms with Gasteiger partial charge in [-0.3, -0.25) is 4.79 Å². The van der Waals surface area contributed by atoms with E-state index < -0.39 is 6.10 Å². The monoisotopic (exact) mass is 366 g/mol. The molecule has 2 aliphatic rings. The second kappa shape index (κ2) is 8.11. The van der Waals surface area contributed by atoms with Crippen LogP contribution in [0.4, 0.5) is 5.69 Å². The van der Waals surface area contributed by atoms with Crippen molar-refractivity contribution in [3.8, 4) is 0 Å². The largest absolute Gasteiger partial charge is 0.394 e. The molecule has 0 aromatic heterocycles. The van der Waals surface area contributed by atoms with Crippen molar-refractivity contribution in [2.75, 3.05) is 37.7 Å². The molecule has 27 heavy (non-hydrogen) atoms. The number of anilines is 1. The van der Waals surface area contributed by atoms with Gasteiger partial charge in [-0.1, -0.05) is 30.3 Å². The van der Waals surface area contributed by atoms with Crippen molar-refractivity contribution in [3.05, 3.63) is 65.7 Å². The summed E-state index contributed by atoms with van der Waals surface area (Å²) in [6.07, 6.45) is 2.06. The van der Waals surface area contributed by atoms with Crippen LogP contribution in [0.3, 0.4) is 0 Å². The van der Waals surface area contributed by atoms with Gasteiger partial charge in [0, 0.05) is 30.9 Å². The molecule has 0 saturated carbocycles. The van der Waals surface area contributed by atoms with Crippen LogP contribution in [0, 0.1) is 0 Å². The number of nitrogens with zero attached hydrogens (tertiary/aromatic N) is 2. The minimum absolute atomic E-state index is 0.0152. The van der Waals surface area contributed by atoms with Crippen LogP contribution in [0.2, 0.25) is 0 Å². The van der Waals surface area contributed by atoms with Crippen molar-refractivity contribution in [3.63, 3.8) is 0 Å². The summed E-state index contributed by atoms with van der Waals surface area (Å²) in [5, 5.41) is 9.78. The molecule has 2 saturated heterocycles. The van der Waals surface area contributed by atoms with Crippen LogP contribution >= 0.6 is 0 Å². The van der Waals surface area contributed by atoms with E-state index in [9.17, 15) is 9.90 Å². The van der Waals surface area contributed by atoms with Gasteiger partial charge < -0.3 is 19.6 Å². The predicted molar refractivity (Wildman–Crippen MR) is 105 cm³/mol. The zero-order valence-corrected chi connectivity index (χ0v) is 15.5. The fourth-order valence-corrected chi connectivity index (χ4v) is 4.11. The van der Waals surface area contributed by atoms with Gasteiger partial charge in [0.2, 0.25) is 0 Å². The Kier molecular flexibility index (Phi) is 5.41. The Morgan fingerprint density at radius 3 is 2.37 bits per heavy atom. The van der Waals surface area contributed by atoms with Crippen molar-refractivity contribution < 1.29 is 14.6 Å². The second-order valence-electron chi connectivity index (χ2n) is 7.19. The van der Waals surface area contributed by atoms with Crippen LogP contribution in [0.15, 0.2) is 54.6 Å². The lowest BCUT2D eigenvalue weighted by atomic mass is 9.97. The molecule has 2 aromatic rings. The van der Waals surface area contributed by atoms with Gasteiger partial charge in [-0.25, -0.2) is 0 Å². The molecule has 142 valence electrons. The van der Waals surface area contributed by atoms with Crippen LogP contribution in [0.1, 0.15) is 34.8 Å². The highest BCUT2D eigenvalue weighted by Crippen LogP contribution is 2.31. The number of carbonyl (C=O) groups excluding carboxylic acids is 1. The number of hydrogen-bond donors (Lipinski definition) is 1. The zero-order valence-electron chi connectivity index (χ0n) is 15.5. The van der Waals surface area contributed by atoms with Crippen molar-refractivity contribution in [1.82, 2.24) is 4.90 Å². The molecule has 0 bridgehead atoms. The van der Waals surface area contributed by atoms with Crippen LogP contribution in [-0.2, 0) is 4.74 Å². The molecule has 1 N–H and O–H groups in total. The third-order valence-electron chi connectivity index (χ3n) is 5.52. The van der Waals surface area contributed by atoms with E-state index in [2.05, 4.69) is 4.90 Å². The van der Waals surface area contributed by atoms with Crippen LogP contribution in [0.25, 0.3) is 0 Å². The highest BCUT2D eigenvalue weighted by Gasteiger charge is 2.36. The average molecular weight is 366 g/mol. The summed E-state index contributed by atoms with van der Waals surface area (Å²) in [5.74, 6) is -0.0152. The fourth-order valence-electron chi connectivity index (χ4n) is 4.11. The van der Waals surface area contributed by atoms with Crippen LogP contribution in [-0.4, -0.2) is 54.9 Å². The van der Waals surface area contributed by atoms with Crippen molar-refractivity contribution >= 4 is 11.6 Å². The summed E-state index contributed by atoms with van der Waals surface area (Å²) in [6, 6.07) is 17.5. The summed E-state index contributed by atoms with van der Waals surface area (Å²) < 4.78 is 5.75. The minimum Gasteiger partial charge on any atom is -0.394 e. The minimum atomic E-state index is -0.408. The van der Waals surface area contributed by atoms with Crippen molar-refractivity contribution in [2.24, 2.45) is 0 Å². The summed E-state index contributed by atoms with van der Waals surface area (Å²) in [5.41, 5.74) is 2.84. The Morgan fingerprint density at radius 2 is 1.70 bits per heavy atom. The van der Waals surface area contributed by atoms with Gasteiger partial charge >= 0.3 is 0 Å². The molecule has 2 aliphatic heterocycles. The third kappa shape index (κ3) is 3.70. The standard InChI is InChI=1S/C22H26N2O3/c25-16-20-21(17-6-2-1-3-7-17)24(14-15-27-20)22(26)18-8-10-19(11-9-18)23-12-4-5-13-23/h1-3,6-11,20-21,25H,4-5,12-16H2. The summed E-state index contributed by atoms with van der Waals surface area (Å²) in [6.45, 7) is 3.02. The molecule has 0 aliphatic carbocycles. The normalized spacial score (nSPS) is 22.9. The molecule has 0 spiro atoms. The SMILES string of the molecule is O=C(c1ccc(N2CCCC2)cc1)N1CCOC(CO)C1c1ccccc1. The number of morpholine rings is 1. The predicted octanol–water partition coefficient (Wildman–Crippen LogP) is 2.86. The van der Waals surface area contributed by atoms with E-state index in [1.807, 2.05) is 59.5 Å². The van der Waals surface area contributed by atoms with Gasteiger partial charge in [0.15, 0.2) is 0 Å². The van der Waals surface area contributed by atoms with E-state index in [-0.39, 0.29) is 18.6 Å². The molecular formula is C22H26N2O3. The van der Waals surface area contributed by atoms with Gasteiger partial charge in [0.05, 0.1) is 19.3 Å². The lowest BCUT2D eigenvalue weighted by Gasteiger charge is -2.41. The maximum Gasteiger partial charge on any atom is 0.254 e. The molecule has 1 amide bonds. The number of aliphatic hydroxyl groups is 1. The molecule has 0 radical (unpaired) electrons. The van der Waals surface area contributed by atoms with E-state index in [1.165, 1.54) is 18.5 Å². The molecule has 2 atom stereocenters. The van der Waals surface area contributed by atoms with E-state index in [0.29, 0.717) is 18.7 Å². The maximum atomic E-state index is 13.3. The molecule has 2 unspecified atom stereocenters. The Morgan fingerprint density at radius 1 is 1.00 bits per heavy atom. The molecule has 2 heterocycles. The molecule has 4 rings (SSSR count). The van der Waals surface area contributed by atoms with E-state index in [1.54, 1.807) is 0 Å². The maximum absolute atomic E-state index is 13.3. The summed E-state index contributed by atoms with van der Waals surface area (Å²) >= 11 is 0. The molecule has 2 fully saturated rings. The first kappa shape index (κ1) is 18.0. The average Bonchev–Trinajstić information content (AvgIpc) is 3.28. The van der Waals surface area contributed by atoms with Gasteiger partial charge in [-0.2, -0.15) is 0 Å². The van der Waals surface area contributed by atoms with E-state index in [0.717, 1.165) is 18.7 Å². The van der Waals surface area contributed by atoms with Gasteiger partial charge in [0.25, 0.3) is 5.91 Å². The Bertz CT molecular complexity index is 757. The van der Waals surface area contributed by atoms with E-state index in [4.69, 9.17) is 4.74 Å². The van der Waals surface area contributed by atoms with Crippen molar-refractivity contribution in [2.45, 2.75) is 25.0 Å². The van der Waals surface area contributed by atoms with E-state index >= 15 is 0 Å². The summed E-state index contributed by atoms with van der Waals surface area (Å²) in [4.78, 5) is 17.4. The first-order valence-corrected chi connectivity index (χ1v) is 9.71. The highest BCUT2D eigenvalue weighted by molar-refractivity contribution is 5.95. The Labute approximate surface area is 160 Å². The number of hydrogen-bond acceptors (Lipinski definition) is 4. The molecular weight excluding hydrogens is 340 g/mol. The van der Waals surface area contributed by atoms with Crippen LogP contribution < -0.4 is 4.90 Å². The van der Waals surface area contributed by atoms with Gasteiger partial charge in [-0.05, 0) is 42.7 Å². The summed E-state index contributed by atoms with van der Waals surface area (Å²) in [7, 11) is 0. The van der Waals surface area contributed by atoms with Gasteiger partial charge in [0.1, 0.15) is 6.10 Å². The second-order valence-corrected chi connectivity index (χ2v) is 7.19. The number of benzene rings is 2. The first-order valence-electron chi connectivity index (χ1n) is 9.71. The highest BCUT2D eigenvalue weighted by atomic mass is 16.5. The first-order chi connectivity index (χ1) is 13.3. The Hall–Kier alpha value is -2.37. The lowest BCUT2D eigenvalue weighted by Crippen LogP contribution is -2.49. The molecule has 5 heteroatoms.